The molecule has 0 aliphatic rings. The molecule has 2 aromatic rings. The van der Waals surface area contributed by atoms with E-state index in [-0.39, 0.29) is 6.54 Å². The second-order valence-corrected chi connectivity index (χ2v) is 4.31. The van der Waals surface area contributed by atoms with E-state index in [9.17, 15) is 13.9 Å². The lowest BCUT2D eigenvalue weighted by molar-refractivity contribution is 0.173. The van der Waals surface area contributed by atoms with Gasteiger partial charge in [-0.05, 0) is 23.3 Å². The highest BCUT2D eigenvalue weighted by Crippen LogP contribution is 2.15. The minimum Gasteiger partial charge on any atom is -0.387 e. The molecule has 2 rings (SSSR count). The summed E-state index contributed by atoms with van der Waals surface area (Å²) in [5.41, 5.74) is 1.46. The third-order valence-electron chi connectivity index (χ3n) is 2.84. The maximum absolute atomic E-state index is 13.0. The molecule has 1 atom stereocenters. The average Bonchev–Trinajstić information content (AvgIpc) is 2.43. The Hall–Kier alpha value is -1.78. The van der Waals surface area contributed by atoms with E-state index in [4.69, 9.17) is 0 Å². The molecule has 0 bridgehead atoms. The highest BCUT2D eigenvalue weighted by Gasteiger charge is 2.10. The normalized spacial score (nSPS) is 12.4. The van der Waals surface area contributed by atoms with Crippen LogP contribution in [0.4, 0.5) is 8.78 Å². The summed E-state index contributed by atoms with van der Waals surface area (Å²) >= 11 is 0. The Labute approximate surface area is 110 Å². The zero-order valence-electron chi connectivity index (χ0n) is 10.3. The van der Waals surface area contributed by atoms with Crippen LogP contribution >= 0.6 is 0 Å². The van der Waals surface area contributed by atoms with Gasteiger partial charge in [0.1, 0.15) is 0 Å². The molecule has 0 heterocycles. The van der Waals surface area contributed by atoms with Crippen molar-refractivity contribution < 1.29 is 13.9 Å². The summed E-state index contributed by atoms with van der Waals surface area (Å²) in [6.07, 6.45) is -0.862. The lowest BCUT2D eigenvalue weighted by atomic mass is 10.1. The maximum atomic E-state index is 13.0. The smallest absolute Gasteiger partial charge is 0.159 e. The average molecular weight is 263 g/mol. The quantitative estimate of drug-likeness (QED) is 0.869. The fourth-order valence-electron chi connectivity index (χ4n) is 1.79. The van der Waals surface area contributed by atoms with Crippen LogP contribution in [0.1, 0.15) is 17.2 Å². The minimum atomic E-state index is -0.945. The first-order chi connectivity index (χ1) is 9.16. The van der Waals surface area contributed by atoms with Crippen LogP contribution in [0.3, 0.4) is 0 Å². The number of aliphatic hydroxyl groups is 1. The van der Waals surface area contributed by atoms with Gasteiger partial charge < -0.3 is 10.4 Å². The number of benzene rings is 2. The van der Waals surface area contributed by atoms with E-state index in [0.29, 0.717) is 12.1 Å². The van der Waals surface area contributed by atoms with Gasteiger partial charge in [-0.25, -0.2) is 8.78 Å². The maximum Gasteiger partial charge on any atom is 0.159 e. The van der Waals surface area contributed by atoms with Crippen LogP contribution in [0.2, 0.25) is 0 Å². The van der Waals surface area contributed by atoms with Gasteiger partial charge in [-0.1, -0.05) is 36.4 Å². The molecule has 2 aromatic carbocycles. The van der Waals surface area contributed by atoms with Crippen LogP contribution < -0.4 is 5.32 Å². The van der Waals surface area contributed by atoms with Gasteiger partial charge in [0.2, 0.25) is 0 Å². The van der Waals surface area contributed by atoms with Crippen LogP contribution in [0.5, 0.6) is 0 Å². The van der Waals surface area contributed by atoms with Gasteiger partial charge in [-0.3, -0.25) is 0 Å². The molecule has 0 saturated heterocycles. The van der Waals surface area contributed by atoms with Crippen molar-refractivity contribution in [3.05, 3.63) is 71.3 Å². The number of nitrogens with one attached hydrogen (secondary N) is 1. The molecule has 0 radical (unpaired) electrons. The number of aliphatic hydroxyl groups excluding tert-OH is 1. The fourth-order valence-corrected chi connectivity index (χ4v) is 1.79. The Balaban J connectivity index is 1.87. The predicted octanol–water partition coefficient (Wildman–Crippen LogP) is 2.79. The molecule has 0 saturated carbocycles. The number of halogens is 2. The van der Waals surface area contributed by atoms with E-state index < -0.39 is 17.7 Å². The van der Waals surface area contributed by atoms with Crippen LogP contribution in [0.15, 0.2) is 48.5 Å². The molecule has 0 unspecified atom stereocenters. The molecule has 2 nitrogen and oxygen atoms in total. The van der Waals surface area contributed by atoms with Crippen molar-refractivity contribution in [1.82, 2.24) is 5.32 Å². The minimum absolute atomic E-state index is 0.278. The van der Waals surface area contributed by atoms with Crippen molar-refractivity contribution in [2.24, 2.45) is 0 Å². The Morgan fingerprint density at radius 2 is 1.74 bits per heavy atom. The molecule has 0 spiro atoms. The van der Waals surface area contributed by atoms with Crippen LogP contribution in [-0.2, 0) is 6.54 Å². The second-order valence-electron chi connectivity index (χ2n) is 4.31. The monoisotopic (exact) mass is 263 g/mol. The molecule has 2 N–H and O–H groups in total. The second kappa shape index (κ2) is 6.41. The summed E-state index contributed by atoms with van der Waals surface area (Å²) in [5.74, 6) is -1.85. The lowest BCUT2D eigenvalue weighted by Crippen LogP contribution is -2.21. The summed E-state index contributed by atoms with van der Waals surface area (Å²) in [4.78, 5) is 0. The molecular formula is C15H15F2NO. The van der Waals surface area contributed by atoms with Crippen LogP contribution in [0, 0.1) is 11.6 Å². The molecule has 4 heteroatoms. The molecular weight excluding hydrogens is 248 g/mol. The Morgan fingerprint density at radius 3 is 2.42 bits per heavy atom. The molecule has 0 aromatic heterocycles. The van der Waals surface area contributed by atoms with E-state index in [1.165, 1.54) is 6.07 Å². The number of rotatable bonds is 5. The third-order valence-corrected chi connectivity index (χ3v) is 2.84. The van der Waals surface area contributed by atoms with E-state index in [1.54, 1.807) is 0 Å². The van der Waals surface area contributed by atoms with E-state index in [1.807, 2.05) is 30.3 Å². The first-order valence-corrected chi connectivity index (χ1v) is 6.04. The summed E-state index contributed by atoms with van der Waals surface area (Å²) in [7, 11) is 0. The topological polar surface area (TPSA) is 32.3 Å². The van der Waals surface area contributed by atoms with Crippen molar-refractivity contribution in [2.75, 3.05) is 6.54 Å². The van der Waals surface area contributed by atoms with Gasteiger partial charge in [0, 0.05) is 13.1 Å². The van der Waals surface area contributed by atoms with Gasteiger partial charge >= 0.3 is 0 Å². The van der Waals surface area contributed by atoms with Crippen LogP contribution in [-0.4, -0.2) is 11.7 Å². The number of hydrogen-bond acceptors (Lipinski definition) is 2. The zero-order chi connectivity index (χ0) is 13.7. The highest BCUT2D eigenvalue weighted by atomic mass is 19.2. The van der Waals surface area contributed by atoms with Crippen LogP contribution in [0.25, 0.3) is 0 Å². The lowest BCUT2D eigenvalue weighted by Gasteiger charge is -2.12. The van der Waals surface area contributed by atoms with Gasteiger partial charge in [0.05, 0.1) is 6.10 Å². The molecule has 0 aliphatic carbocycles. The van der Waals surface area contributed by atoms with Gasteiger partial charge in [0.25, 0.3) is 0 Å². The largest absolute Gasteiger partial charge is 0.387 e. The SMILES string of the molecule is O[C@H](CNCc1ccccc1)c1ccc(F)c(F)c1. The standard InChI is InChI=1S/C15H15F2NO/c16-13-7-6-12(8-14(13)17)15(19)10-18-9-11-4-2-1-3-5-11/h1-8,15,18-19H,9-10H2/t15-/m1/s1. The third kappa shape index (κ3) is 3.84. The van der Waals surface area contributed by atoms with E-state index in [2.05, 4.69) is 5.32 Å². The highest BCUT2D eigenvalue weighted by molar-refractivity contribution is 5.20. The Morgan fingerprint density at radius 1 is 1.00 bits per heavy atom. The van der Waals surface area contributed by atoms with E-state index in [0.717, 1.165) is 17.7 Å². The van der Waals surface area contributed by atoms with Gasteiger partial charge in [-0.15, -0.1) is 0 Å². The summed E-state index contributed by atoms with van der Waals surface area (Å²) in [6, 6.07) is 13.2. The van der Waals surface area contributed by atoms with Crippen molar-refractivity contribution >= 4 is 0 Å². The fraction of sp³-hybridized carbons (Fsp3) is 0.200. The molecule has 19 heavy (non-hydrogen) atoms. The van der Waals surface area contributed by atoms with Gasteiger partial charge in [0.15, 0.2) is 11.6 Å². The summed E-state index contributed by atoms with van der Waals surface area (Å²) in [5, 5.41) is 12.9. The first kappa shape index (κ1) is 13.6. The van der Waals surface area contributed by atoms with Crippen molar-refractivity contribution in [2.45, 2.75) is 12.6 Å². The molecule has 0 amide bonds. The molecule has 0 fully saturated rings. The number of hydrogen-bond donors (Lipinski definition) is 2. The van der Waals surface area contributed by atoms with Crippen molar-refractivity contribution in [1.29, 1.82) is 0 Å². The predicted molar refractivity (Wildman–Crippen MR) is 69.5 cm³/mol. The summed E-state index contributed by atoms with van der Waals surface area (Å²) in [6.45, 7) is 0.890. The van der Waals surface area contributed by atoms with E-state index >= 15 is 0 Å². The van der Waals surface area contributed by atoms with Crippen molar-refractivity contribution in [3.8, 4) is 0 Å². The Kier molecular flexibility index (Phi) is 4.60. The zero-order valence-corrected chi connectivity index (χ0v) is 10.3. The van der Waals surface area contributed by atoms with Gasteiger partial charge in [-0.2, -0.15) is 0 Å². The molecule has 0 aliphatic heterocycles. The van der Waals surface area contributed by atoms with Crippen molar-refractivity contribution in [3.63, 3.8) is 0 Å². The Bertz CT molecular complexity index is 531. The molecule has 100 valence electrons. The summed E-state index contributed by atoms with van der Waals surface area (Å²) < 4.78 is 25.8. The first-order valence-electron chi connectivity index (χ1n) is 6.04.